The van der Waals surface area contributed by atoms with Crippen LogP contribution in [0.4, 0.5) is 0 Å². The molecule has 0 aliphatic carbocycles. The molecule has 0 spiro atoms. The second-order valence-electron chi connectivity index (χ2n) is 1.39. The fourth-order valence-corrected chi connectivity index (χ4v) is 0.362. The Morgan fingerprint density at radius 2 is 2.33 bits per heavy atom. The predicted molar refractivity (Wildman–Crippen MR) is 37.2 cm³/mol. The third kappa shape index (κ3) is 3.78. The van der Waals surface area contributed by atoms with Crippen molar-refractivity contribution in [1.29, 1.82) is 0 Å². The molecule has 9 heavy (non-hydrogen) atoms. The van der Waals surface area contributed by atoms with E-state index in [0.29, 0.717) is 6.02 Å². The van der Waals surface area contributed by atoms with E-state index < -0.39 is 0 Å². The van der Waals surface area contributed by atoms with Gasteiger partial charge in [-0.1, -0.05) is 6.92 Å². The van der Waals surface area contributed by atoms with Gasteiger partial charge in [-0.25, -0.2) is 10.4 Å². The van der Waals surface area contributed by atoms with Gasteiger partial charge in [0.25, 0.3) is 6.02 Å². The Hall–Kier alpha value is -0.770. The third-order valence-corrected chi connectivity index (χ3v) is 0.769. The van der Waals surface area contributed by atoms with Crippen molar-refractivity contribution in [3.05, 3.63) is 0 Å². The lowest BCUT2D eigenvalue weighted by atomic mass is 10.8. The molecule has 0 aromatic rings. The van der Waals surface area contributed by atoms with E-state index in [0.717, 1.165) is 6.54 Å². The van der Waals surface area contributed by atoms with Crippen molar-refractivity contribution in [3.63, 3.8) is 0 Å². The highest BCUT2D eigenvalue weighted by molar-refractivity contribution is 5.72. The quantitative estimate of drug-likeness (QED) is 0.308. The van der Waals surface area contributed by atoms with Gasteiger partial charge < -0.3 is 4.74 Å². The van der Waals surface area contributed by atoms with E-state index in [1.165, 1.54) is 0 Å². The van der Waals surface area contributed by atoms with E-state index >= 15 is 0 Å². The second-order valence-corrected chi connectivity index (χ2v) is 1.39. The van der Waals surface area contributed by atoms with Crippen molar-refractivity contribution >= 4 is 6.02 Å². The van der Waals surface area contributed by atoms with Gasteiger partial charge in [0.05, 0.1) is 7.11 Å². The Bertz CT molecular complexity index is 92.2. The number of nitrogens with one attached hydrogen (secondary N) is 2. The van der Waals surface area contributed by atoms with Crippen LogP contribution in [0, 0.1) is 0 Å². The van der Waals surface area contributed by atoms with Gasteiger partial charge in [-0.05, 0) is 0 Å². The molecule has 0 saturated heterocycles. The number of aliphatic imine (C=N–C) groups is 1. The standard InChI is InChI=1S/C5H13N3O/c1-4-7-8-5(6-2)9-3/h7H,4H2,1-3H3,(H,6,8). The summed E-state index contributed by atoms with van der Waals surface area (Å²) in [6.07, 6.45) is 0. The van der Waals surface area contributed by atoms with E-state index in [1.807, 2.05) is 6.92 Å². The Morgan fingerprint density at radius 1 is 1.67 bits per heavy atom. The summed E-state index contributed by atoms with van der Waals surface area (Å²) in [7, 11) is 3.22. The topological polar surface area (TPSA) is 45.7 Å². The van der Waals surface area contributed by atoms with Gasteiger partial charge in [0, 0.05) is 13.6 Å². The zero-order valence-electron chi connectivity index (χ0n) is 6.06. The van der Waals surface area contributed by atoms with E-state index in [-0.39, 0.29) is 0 Å². The highest BCUT2D eigenvalue weighted by atomic mass is 16.5. The summed E-state index contributed by atoms with van der Waals surface area (Å²) in [5.74, 6) is 0. The van der Waals surface area contributed by atoms with Crippen LogP contribution >= 0.6 is 0 Å². The van der Waals surface area contributed by atoms with Crippen LogP contribution in [0.2, 0.25) is 0 Å². The smallest absolute Gasteiger partial charge is 0.298 e. The molecule has 0 aromatic carbocycles. The SMILES string of the molecule is CCNNC(=NC)OC. The van der Waals surface area contributed by atoms with Crippen molar-refractivity contribution in [2.75, 3.05) is 20.7 Å². The maximum Gasteiger partial charge on any atom is 0.298 e. The first kappa shape index (κ1) is 8.23. The van der Waals surface area contributed by atoms with Crippen molar-refractivity contribution in [2.45, 2.75) is 6.92 Å². The van der Waals surface area contributed by atoms with E-state index in [9.17, 15) is 0 Å². The highest BCUT2D eigenvalue weighted by Gasteiger charge is 1.88. The summed E-state index contributed by atoms with van der Waals surface area (Å²) < 4.78 is 4.78. The molecular weight excluding hydrogens is 118 g/mol. The first-order chi connectivity index (χ1) is 4.35. The van der Waals surface area contributed by atoms with E-state index in [1.54, 1.807) is 14.2 Å². The number of methoxy groups -OCH3 is 1. The van der Waals surface area contributed by atoms with Gasteiger partial charge in [-0.15, -0.1) is 0 Å². The molecule has 0 atom stereocenters. The van der Waals surface area contributed by atoms with Crippen LogP contribution in [-0.4, -0.2) is 26.7 Å². The largest absolute Gasteiger partial charge is 0.468 e. The first-order valence-electron chi connectivity index (χ1n) is 2.84. The van der Waals surface area contributed by atoms with Crippen LogP contribution in [0.3, 0.4) is 0 Å². The number of hydrogen-bond donors (Lipinski definition) is 2. The zero-order chi connectivity index (χ0) is 7.11. The lowest BCUT2D eigenvalue weighted by molar-refractivity contribution is 0.369. The fraction of sp³-hybridized carbons (Fsp3) is 0.800. The number of rotatable bonds is 2. The Labute approximate surface area is 55.3 Å². The molecule has 0 radical (unpaired) electrons. The van der Waals surface area contributed by atoms with Gasteiger partial charge >= 0.3 is 0 Å². The van der Waals surface area contributed by atoms with Crippen LogP contribution in [0.5, 0.6) is 0 Å². The molecule has 0 bridgehead atoms. The van der Waals surface area contributed by atoms with Gasteiger partial charge in [0.1, 0.15) is 0 Å². The molecule has 0 aliphatic heterocycles. The minimum Gasteiger partial charge on any atom is -0.468 e. The summed E-state index contributed by atoms with van der Waals surface area (Å²) in [5.41, 5.74) is 5.59. The lowest BCUT2D eigenvalue weighted by Crippen LogP contribution is -2.37. The molecule has 0 saturated carbocycles. The predicted octanol–water partition coefficient (Wildman–Crippen LogP) is -0.267. The van der Waals surface area contributed by atoms with Gasteiger partial charge in [0.2, 0.25) is 0 Å². The van der Waals surface area contributed by atoms with Crippen LogP contribution in [0.25, 0.3) is 0 Å². The van der Waals surface area contributed by atoms with Crippen LogP contribution in [0.1, 0.15) is 6.92 Å². The summed E-state index contributed by atoms with van der Waals surface area (Å²) >= 11 is 0. The van der Waals surface area contributed by atoms with Crippen molar-refractivity contribution in [3.8, 4) is 0 Å². The first-order valence-corrected chi connectivity index (χ1v) is 2.84. The fourth-order valence-electron chi connectivity index (χ4n) is 0.362. The van der Waals surface area contributed by atoms with Crippen LogP contribution < -0.4 is 10.9 Å². The van der Waals surface area contributed by atoms with Crippen LogP contribution in [0.15, 0.2) is 4.99 Å². The van der Waals surface area contributed by atoms with Crippen molar-refractivity contribution in [1.82, 2.24) is 10.9 Å². The average molecular weight is 131 g/mol. The number of ether oxygens (including phenoxy) is 1. The maximum absolute atomic E-state index is 4.78. The van der Waals surface area contributed by atoms with Crippen molar-refractivity contribution in [2.24, 2.45) is 4.99 Å². The molecule has 2 N–H and O–H groups in total. The summed E-state index contributed by atoms with van der Waals surface area (Å²) in [5, 5.41) is 0. The molecule has 4 heteroatoms. The second kappa shape index (κ2) is 5.37. The summed E-state index contributed by atoms with van der Waals surface area (Å²) in [6, 6.07) is 0.497. The molecule has 0 unspecified atom stereocenters. The third-order valence-electron chi connectivity index (χ3n) is 0.769. The van der Waals surface area contributed by atoms with Gasteiger partial charge in [0.15, 0.2) is 0 Å². The molecule has 54 valence electrons. The summed E-state index contributed by atoms with van der Waals surface area (Å²) in [6.45, 7) is 2.82. The molecule has 0 aliphatic rings. The molecule has 0 rings (SSSR count). The number of nitrogens with zero attached hydrogens (tertiary/aromatic N) is 1. The molecule has 4 nitrogen and oxygen atoms in total. The number of hydrogen-bond acceptors (Lipinski definition) is 3. The molecular formula is C5H13N3O. The lowest BCUT2D eigenvalue weighted by Gasteiger charge is -2.05. The minimum atomic E-state index is 0.497. The Kier molecular flexibility index (Phi) is 4.91. The minimum absolute atomic E-state index is 0.497. The molecule has 0 fully saturated rings. The molecule has 0 amide bonds. The number of hydrazine groups is 1. The number of amidine groups is 1. The normalized spacial score (nSPS) is 11.2. The summed E-state index contributed by atoms with van der Waals surface area (Å²) in [4.78, 5) is 3.76. The monoisotopic (exact) mass is 131 g/mol. The van der Waals surface area contributed by atoms with Gasteiger partial charge in [-0.2, -0.15) is 0 Å². The van der Waals surface area contributed by atoms with Gasteiger partial charge in [-0.3, -0.25) is 5.43 Å². The Morgan fingerprint density at radius 3 is 2.67 bits per heavy atom. The molecule has 0 heterocycles. The van der Waals surface area contributed by atoms with E-state index in [2.05, 4.69) is 15.8 Å². The van der Waals surface area contributed by atoms with Crippen LogP contribution in [-0.2, 0) is 4.74 Å². The highest BCUT2D eigenvalue weighted by Crippen LogP contribution is 1.67. The zero-order valence-corrected chi connectivity index (χ0v) is 6.06. The maximum atomic E-state index is 4.78. The van der Waals surface area contributed by atoms with E-state index in [4.69, 9.17) is 4.74 Å². The average Bonchev–Trinajstić information content (AvgIpc) is 1.91. The molecule has 0 aromatic heterocycles. The van der Waals surface area contributed by atoms with Crippen molar-refractivity contribution < 1.29 is 4.74 Å². The Balaban J connectivity index is 3.33.